The van der Waals surface area contributed by atoms with Gasteiger partial charge >= 0.3 is 0 Å². The van der Waals surface area contributed by atoms with Crippen molar-refractivity contribution in [3.63, 3.8) is 0 Å². The first-order valence-corrected chi connectivity index (χ1v) is 8.50. The molecule has 0 amide bonds. The monoisotopic (exact) mass is 441 g/mol. The van der Waals surface area contributed by atoms with Gasteiger partial charge in [-0.3, -0.25) is 9.36 Å². The second-order valence-electron chi connectivity index (χ2n) is 5.62. The first-order chi connectivity index (χ1) is 12.8. The Hall–Kier alpha value is -2.68. The summed E-state index contributed by atoms with van der Waals surface area (Å²) in [7, 11) is 0. The van der Waals surface area contributed by atoms with E-state index in [1.165, 1.54) is 19.1 Å². The molecule has 0 aliphatic rings. The van der Waals surface area contributed by atoms with Crippen LogP contribution in [0.4, 0.5) is 23.4 Å². The predicted octanol–water partition coefficient (Wildman–Crippen LogP) is 4.47. The highest BCUT2D eigenvalue weighted by Crippen LogP contribution is 2.22. The van der Waals surface area contributed by atoms with Gasteiger partial charge in [0.15, 0.2) is 0 Å². The first-order valence-electron chi connectivity index (χ1n) is 7.71. The van der Waals surface area contributed by atoms with Crippen molar-refractivity contribution < 1.29 is 17.6 Å². The summed E-state index contributed by atoms with van der Waals surface area (Å²) in [4.78, 5) is 16.7. The van der Waals surface area contributed by atoms with Crippen LogP contribution in [-0.4, -0.2) is 9.55 Å². The fourth-order valence-electron chi connectivity index (χ4n) is 2.53. The lowest BCUT2D eigenvalue weighted by Crippen LogP contribution is -2.26. The van der Waals surface area contributed by atoms with Crippen LogP contribution >= 0.6 is 15.9 Å². The van der Waals surface area contributed by atoms with E-state index < -0.39 is 34.5 Å². The lowest BCUT2D eigenvalue weighted by atomic mass is 10.2. The molecule has 27 heavy (non-hydrogen) atoms. The highest BCUT2D eigenvalue weighted by molar-refractivity contribution is 9.10. The number of nitrogens with one attached hydrogen (secondary N) is 1. The topological polar surface area (TPSA) is 46.9 Å². The molecule has 0 atom stereocenters. The molecule has 0 saturated carbocycles. The maximum Gasteiger partial charge on any atom is 0.274 e. The minimum atomic E-state index is -0.914. The predicted molar refractivity (Wildman–Crippen MR) is 95.9 cm³/mol. The van der Waals surface area contributed by atoms with E-state index in [-0.39, 0.29) is 28.2 Å². The second kappa shape index (κ2) is 7.51. The Morgan fingerprint density at radius 1 is 1.07 bits per heavy atom. The van der Waals surface area contributed by atoms with Gasteiger partial charge in [0.05, 0.1) is 0 Å². The Bertz CT molecular complexity index is 1060. The van der Waals surface area contributed by atoms with E-state index in [0.717, 1.165) is 28.8 Å². The molecule has 4 nitrogen and oxygen atoms in total. The third-order valence-electron chi connectivity index (χ3n) is 3.82. The third-order valence-corrected chi connectivity index (χ3v) is 4.53. The molecule has 2 aromatic carbocycles. The molecule has 9 heteroatoms. The molecule has 0 aliphatic heterocycles. The fourth-order valence-corrected chi connectivity index (χ4v) is 2.94. The normalized spacial score (nSPS) is 10.9. The van der Waals surface area contributed by atoms with Gasteiger partial charge < -0.3 is 5.32 Å². The molecule has 0 aliphatic carbocycles. The van der Waals surface area contributed by atoms with Gasteiger partial charge in [0.1, 0.15) is 45.1 Å². The Kier molecular flexibility index (Phi) is 5.31. The van der Waals surface area contributed by atoms with Crippen LogP contribution in [0.2, 0.25) is 0 Å². The van der Waals surface area contributed by atoms with Crippen molar-refractivity contribution in [2.24, 2.45) is 0 Å². The van der Waals surface area contributed by atoms with Gasteiger partial charge in [-0.25, -0.2) is 22.5 Å². The summed E-state index contributed by atoms with van der Waals surface area (Å²) in [6.07, 6.45) is 0. The number of hydrogen-bond donors (Lipinski definition) is 1. The number of hydrogen-bond acceptors (Lipinski definition) is 3. The zero-order valence-electron chi connectivity index (χ0n) is 13.9. The van der Waals surface area contributed by atoms with E-state index >= 15 is 0 Å². The van der Waals surface area contributed by atoms with Gasteiger partial charge in [0, 0.05) is 18.2 Å². The zero-order chi connectivity index (χ0) is 19.7. The minimum Gasteiger partial charge on any atom is -0.365 e. The summed E-state index contributed by atoms with van der Waals surface area (Å²) in [6, 6.07) is 6.35. The highest BCUT2D eigenvalue weighted by Gasteiger charge is 2.19. The molecule has 0 unspecified atom stereocenters. The minimum absolute atomic E-state index is 0.0225. The third kappa shape index (κ3) is 3.73. The molecular formula is C18H12BrF4N3O. The highest BCUT2D eigenvalue weighted by atomic mass is 79.9. The summed E-state index contributed by atoms with van der Waals surface area (Å²) in [5.41, 5.74) is -1.12. The van der Waals surface area contributed by atoms with E-state index in [1.54, 1.807) is 0 Å². The van der Waals surface area contributed by atoms with Crippen LogP contribution in [0.1, 0.15) is 11.4 Å². The number of anilines is 1. The van der Waals surface area contributed by atoms with Gasteiger partial charge in [-0.15, -0.1) is 0 Å². The van der Waals surface area contributed by atoms with Crippen molar-refractivity contribution in [2.75, 3.05) is 5.32 Å². The van der Waals surface area contributed by atoms with Crippen LogP contribution in [0, 0.1) is 30.2 Å². The number of aryl methyl sites for hydroxylation is 1. The number of benzene rings is 2. The van der Waals surface area contributed by atoms with Gasteiger partial charge in [-0.2, -0.15) is 0 Å². The maximum absolute atomic E-state index is 14.0. The quantitative estimate of drug-likeness (QED) is 0.607. The largest absolute Gasteiger partial charge is 0.365 e. The van der Waals surface area contributed by atoms with Crippen LogP contribution in [0.25, 0.3) is 5.69 Å². The van der Waals surface area contributed by atoms with Crippen LogP contribution in [0.15, 0.2) is 45.7 Å². The molecule has 0 radical (unpaired) electrons. The summed E-state index contributed by atoms with van der Waals surface area (Å²) in [6.45, 7) is 1.33. The smallest absolute Gasteiger partial charge is 0.274 e. The Morgan fingerprint density at radius 2 is 1.74 bits per heavy atom. The maximum atomic E-state index is 14.0. The summed E-state index contributed by atoms with van der Waals surface area (Å²) < 4.78 is 55.5. The number of para-hydroxylation sites is 1. The van der Waals surface area contributed by atoms with Gasteiger partial charge in [-0.1, -0.05) is 12.1 Å². The number of halogens is 5. The molecular weight excluding hydrogens is 430 g/mol. The molecule has 1 N–H and O–H groups in total. The molecule has 0 bridgehead atoms. The van der Waals surface area contributed by atoms with E-state index in [9.17, 15) is 22.4 Å². The van der Waals surface area contributed by atoms with Gasteiger partial charge in [0.25, 0.3) is 5.56 Å². The molecule has 140 valence electrons. The van der Waals surface area contributed by atoms with E-state index in [4.69, 9.17) is 0 Å². The van der Waals surface area contributed by atoms with Crippen LogP contribution in [0.3, 0.4) is 0 Å². The lowest BCUT2D eigenvalue weighted by Gasteiger charge is -2.15. The first kappa shape index (κ1) is 19.1. The molecule has 0 fully saturated rings. The van der Waals surface area contributed by atoms with Crippen LogP contribution in [-0.2, 0) is 6.54 Å². The standard InChI is InChI=1S/C18H12BrF4N3O/c1-9-25-17(24-8-10-5-6-11(20)7-14(10)23)15(19)18(27)26(9)16-12(21)3-2-4-13(16)22/h2-7,24H,8H2,1H3. The molecule has 1 heterocycles. The van der Waals surface area contributed by atoms with Crippen LogP contribution < -0.4 is 10.9 Å². The zero-order valence-corrected chi connectivity index (χ0v) is 15.4. The number of rotatable bonds is 4. The molecule has 3 aromatic rings. The molecule has 1 aromatic heterocycles. The van der Waals surface area contributed by atoms with Crippen molar-refractivity contribution in [3.05, 3.63) is 85.9 Å². The van der Waals surface area contributed by atoms with Crippen LogP contribution in [0.5, 0.6) is 0 Å². The van der Waals surface area contributed by atoms with Crippen molar-refractivity contribution in [2.45, 2.75) is 13.5 Å². The lowest BCUT2D eigenvalue weighted by molar-refractivity contribution is 0.562. The Balaban J connectivity index is 1.99. The van der Waals surface area contributed by atoms with E-state index in [1.807, 2.05) is 0 Å². The Labute approximate surface area is 159 Å². The van der Waals surface area contributed by atoms with E-state index in [2.05, 4.69) is 26.2 Å². The van der Waals surface area contributed by atoms with Crippen molar-refractivity contribution in [1.82, 2.24) is 9.55 Å². The molecule has 0 spiro atoms. The molecule has 0 saturated heterocycles. The summed E-state index contributed by atoms with van der Waals surface area (Å²) >= 11 is 3.06. The fraction of sp³-hybridized carbons (Fsp3) is 0.111. The average Bonchev–Trinajstić information content (AvgIpc) is 2.60. The van der Waals surface area contributed by atoms with Crippen molar-refractivity contribution in [1.29, 1.82) is 0 Å². The van der Waals surface area contributed by atoms with E-state index in [0.29, 0.717) is 0 Å². The Morgan fingerprint density at radius 3 is 2.37 bits per heavy atom. The number of nitrogens with zero attached hydrogens (tertiary/aromatic N) is 2. The van der Waals surface area contributed by atoms with Crippen molar-refractivity contribution in [3.8, 4) is 5.69 Å². The van der Waals surface area contributed by atoms with Gasteiger partial charge in [0.2, 0.25) is 0 Å². The van der Waals surface area contributed by atoms with Gasteiger partial charge in [-0.05, 0) is 41.1 Å². The second-order valence-corrected chi connectivity index (χ2v) is 6.41. The average molecular weight is 442 g/mol. The summed E-state index contributed by atoms with van der Waals surface area (Å²) in [5, 5.41) is 2.76. The van der Waals surface area contributed by atoms with Crippen molar-refractivity contribution >= 4 is 21.7 Å². The SMILES string of the molecule is Cc1nc(NCc2ccc(F)cc2F)c(Br)c(=O)n1-c1c(F)cccc1F. The number of aromatic nitrogens is 2. The summed E-state index contributed by atoms with van der Waals surface area (Å²) in [5.74, 6) is -3.20. The molecule has 3 rings (SSSR count).